The summed E-state index contributed by atoms with van der Waals surface area (Å²) in [6, 6.07) is 10.1. The number of tetrazole rings is 1. The smallest absolute Gasteiger partial charge is 0.244 e. The monoisotopic (exact) mass is 339 g/mol. The average molecular weight is 339 g/mol. The van der Waals surface area contributed by atoms with Gasteiger partial charge in [0, 0.05) is 6.54 Å². The molecule has 0 radical (unpaired) electrons. The van der Waals surface area contributed by atoms with E-state index in [1.807, 2.05) is 47.4 Å². The zero-order chi connectivity index (χ0) is 17.1. The molecule has 1 saturated heterocycles. The van der Waals surface area contributed by atoms with Crippen LogP contribution in [-0.2, 0) is 16.1 Å². The Morgan fingerprint density at radius 2 is 2.08 bits per heavy atom. The maximum atomic E-state index is 12.8. The van der Waals surface area contributed by atoms with Crippen LogP contribution in [0.2, 0.25) is 0 Å². The van der Waals surface area contributed by atoms with Crippen LogP contribution in [0.25, 0.3) is 12.2 Å². The summed E-state index contributed by atoms with van der Waals surface area (Å²) in [7, 11) is 0. The van der Waals surface area contributed by atoms with Crippen molar-refractivity contribution in [2.45, 2.75) is 25.4 Å². The molecule has 1 aromatic heterocycles. The highest BCUT2D eigenvalue weighted by Gasteiger charge is 2.39. The first-order chi connectivity index (χ1) is 12.3. The summed E-state index contributed by atoms with van der Waals surface area (Å²) in [5.74, 6) is 1.23. The standard InChI is InChI=1S/C18H21N5O2/c24-18(22-10-11-25-13-16(22)15-7-8-15)12-23-17(19-20-21-23)9-6-14-4-2-1-3-5-14/h1-6,9,15-16H,7-8,10-13H2/b9-6+. The fraction of sp³-hybridized carbons (Fsp3) is 0.444. The number of hydrogen-bond donors (Lipinski definition) is 0. The third-order valence-corrected chi connectivity index (χ3v) is 4.72. The van der Waals surface area contributed by atoms with Crippen molar-refractivity contribution in [1.82, 2.24) is 25.1 Å². The first kappa shape index (κ1) is 16.0. The van der Waals surface area contributed by atoms with Gasteiger partial charge in [0.05, 0.1) is 19.3 Å². The SMILES string of the molecule is O=C(Cn1nnnc1/C=C/c1ccccc1)N1CCOCC1C1CC1. The molecular formula is C18H21N5O2. The zero-order valence-corrected chi connectivity index (χ0v) is 14.0. The maximum Gasteiger partial charge on any atom is 0.244 e. The predicted molar refractivity (Wildman–Crippen MR) is 92.2 cm³/mol. The average Bonchev–Trinajstić information content (AvgIpc) is 3.41. The Morgan fingerprint density at radius 1 is 1.24 bits per heavy atom. The number of hydrogen-bond acceptors (Lipinski definition) is 5. The normalized spacial score (nSPS) is 21.0. The number of aromatic nitrogens is 4. The lowest BCUT2D eigenvalue weighted by molar-refractivity contribution is -0.141. The Bertz CT molecular complexity index is 754. The molecule has 1 atom stereocenters. The third-order valence-electron chi connectivity index (χ3n) is 4.72. The molecule has 1 saturated carbocycles. The molecule has 2 heterocycles. The molecule has 7 nitrogen and oxygen atoms in total. The van der Waals surface area contributed by atoms with Gasteiger partial charge in [0.1, 0.15) is 6.54 Å². The minimum atomic E-state index is 0.0573. The van der Waals surface area contributed by atoms with Crippen molar-refractivity contribution in [2.24, 2.45) is 5.92 Å². The van der Waals surface area contributed by atoms with Crippen molar-refractivity contribution in [3.63, 3.8) is 0 Å². The van der Waals surface area contributed by atoms with Gasteiger partial charge in [-0.2, -0.15) is 0 Å². The lowest BCUT2D eigenvalue weighted by Gasteiger charge is -2.35. The first-order valence-electron chi connectivity index (χ1n) is 8.68. The van der Waals surface area contributed by atoms with Gasteiger partial charge in [-0.05, 0) is 40.8 Å². The van der Waals surface area contributed by atoms with E-state index in [1.54, 1.807) is 4.68 Å². The quantitative estimate of drug-likeness (QED) is 0.825. The second-order valence-electron chi connectivity index (χ2n) is 6.51. The van der Waals surface area contributed by atoms with Gasteiger partial charge in [-0.3, -0.25) is 4.79 Å². The molecule has 0 spiro atoms. The Labute approximate surface area is 146 Å². The van der Waals surface area contributed by atoms with Crippen LogP contribution in [0.4, 0.5) is 0 Å². The number of carbonyl (C=O) groups excluding carboxylic acids is 1. The molecule has 2 aromatic rings. The minimum absolute atomic E-state index is 0.0573. The number of amides is 1. The van der Waals surface area contributed by atoms with E-state index in [2.05, 4.69) is 15.5 Å². The summed E-state index contributed by atoms with van der Waals surface area (Å²) in [6.07, 6.45) is 6.15. The predicted octanol–water partition coefficient (Wildman–Crippen LogP) is 1.48. The second-order valence-corrected chi connectivity index (χ2v) is 6.51. The van der Waals surface area contributed by atoms with Gasteiger partial charge in [-0.15, -0.1) is 5.10 Å². The molecule has 2 fully saturated rings. The van der Waals surface area contributed by atoms with Crippen LogP contribution in [0.15, 0.2) is 30.3 Å². The fourth-order valence-electron chi connectivity index (χ4n) is 3.20. The number of nitrogens with zero attached hydrogens (tertiary/aromatic N) is 5. The van der Waals surface area contributed by atoms with E-state index >= 15 is 0 Å². The number of morpholine rings is 1. The van der Waals surface area contributed by atoms with E-state index in [4.69, 9.17) is 4.74 Å². The molecule has 2 aliphatic rings. The highest BCUT2D eigenvalue weighted by atomic mass is 16.5. The Balaban J connectivity index is 1.45. The van der Waals surface area contributed by atoms with Gasteiger partial charge in [0.25, 0.3) is 0 Å². The second kappa shape index (κ2) is 7.14. The van der Waals surface area contributed by atoms with Crippen LogP contribution < -0.4 is 0 Å². The summed E-state index contributed by atoms with van der Waals surface area (Å²) >= 11 is 0. The number of ether oxygens (including phenoxy) is 1. The van der Waals surface area contributed by atoms with Crippen molar-refractivity contribution in [2.75, 3.05) is 19.8 Å². The van der Waals surface area contributed by atoms with Gasteiger partial charge >= 0.3 is 0 Å². The Kier molecular flexibility index (Phi) is 4.56. The lowest BCUT2D eigenvalue weighted by atomic mass is 10.1. The molecule has 0 N–H and O–H groups in total. The van der Waals surface area contributed by atoms with Crippen molar-refractivity contribution in [1.29, 1.82) is 0 Å². The molecule has 7 heteroatoms. The van der Waals surface area contributed by atoms with Gasteiger partial charge < -0.3 is 9.64 Å². The third kappa shape index (κ3) is 3.76. The molecule has 4 rings (SSSR count). The number of benzene rings is 1. The van der Waals surface area contributed by atoms with E-state index in [1.165, 1.54) is 12.8 Å². The molecule has 0 bridgehead atoms. The van der Waals surface area contributed by atoms with Crippen LogP contribution >= 0.6 is 0 Å². The van der Waals surface area contributed by atoms with E-state index < -0.39 is 0 Å². The highest BCUT2D eigenvalue weighted by molar-refractivity contribution is 5.77. The summed E-state index contributed by atoms with van der Waals surface area (Å²) in [5, 5.41) is 11.7. The Morgan fingerprint density at radius 3 is 2.88 bits per heavy atom. The molecule has 1 unspecified atom stereocenters. The van der Waals surface area contributed by atoms with Crippen LogP contribution in [-0.4, -0.2) is 56.8 Å². The van der Waals surface area contributed by atoms with E-state index in [9.17, 15) is 4.79 Å². The van der Waals surface area contributed by atoms with Gasteiger partial charge in [0.15, 0.2) is 5.82 Å². The maximum absolute atomic E-state index is 12.8. The molecule has 25 heavy (non-hydrogen) atoms. The summed E-state index contributed by atoms with van der Waals surface area (Å²) in [4.78, 5) is 14.7. The fourth-order valence-corrected chi connectivity index (χ4v) is 3.20. The zero-order valence-electron chi connectivity index (χ0n) is 14.0. The van der Waals surface area contributed by atoms with Crippen molar-refractivity contribution >= 4 is 18.1 Å². The van der Waals surface area contributed by atoms with Crippen molar-refractivity contribution in [3.05, 3.63) is 41.7 Å². The topological polar surface area (TPSA) is 73.1 Å². The number of rotatable bonds is 5. The number of carbonyl (C=O) groups is 1. The first-order valence-corrected chi connectivity index (χ1v) is 8.68. The lowest BCUT2D eigenvalue weighted by Crippen LogP contribution is -2.51. The largest absolute Gasteiger partial charge is 0.377 e. The Hall–Kier alpha value is -2.54. The van der Waals surface area contributed by atoms with Crippen LogP contribution in [0.1, 0.15) is 24.2 Å². The van der Waals surface area contributed by atoms with Crippen LogP contribution in [0, 0.1) is 5.92 Å². The van der Waals surface area contributed by atoms with Gasteiger partial charge in [-0.1, -0.05) is 36.4 Å². The van der Waals surface area contributed by atoms with Crippen molar-refractivity contribution in [3.8, 4) is 0 Å². The molecular weight excluding hydrogens is 318 g/mol. The molecule has 1 aliphatic carbocycles. The van der Waals surface area contributed by atoms with Crippen LogP contribution in [0.3, 0.4) is 0 Å². The summed E-state index contributed by atoms with van der Waals surface area (Å²) in [5.41, 5.74) is 1.06. The summed E-state index contributed by atoms with van der Waals surface area (Å²) in [6.45, 7) is 2.06. The van der Waals surface area contributed by atoms with Gasteiger partial charge in [-0.25, -0.2) is 4.68 Å². The van der Waals surface area contributed by atoms with E-state index in [0.29, 0.717) is 31.5 Å². The molecule has 1 aromatic carbocycles. The van der Waals surface area contributed by atoms with Crippen molar-refractivity contribution < 1.29 is 9.53 Å². The van der Waals surface area contributed by atoms with E-state index in [0.717, 1.165) is 5.56 Å². The van der Waals surface area contributed by atoms with Gasteiger partial charge in [0.2, 0.25) is 5.91 Å². The minimum Gasteiger partial charge on any atom is -0.377 e. The summed E-state index contributed by atoms with van der Waals surface area (Å²) < 4.78 is 7.11. The van der Waals surface area contributed by atoms with Crippen LogP contribution in [0.5, 0.6) is 0 Å². The molecule has 130 valence electrons. The molecule has 1 aliphatic heterocycles. The van der Waals surface area contributed by atoms with E-state index in [-0.39, 0.29) is 18.5 Å². The highest BCUT2D eigenvalue weighted by Crippen LogP contribution is 2.36. The molecule has 1 amide bonds.